The molecule has 1 saturated carbocycles. The van der Waals surface area contributed by atoms with E-state index in [1.165, 1.54) is 57.7 Å². The van der Waals surface area contributed by atoms with Crippen LogP contribution in [0.3, 0.4) is 0 Å². The second-order valence-corrected chi connectivity index (χ2v) is 10.0. The van der Waals surface area contributed by atoms with Crippen molar-refractivity contribution in [2.75, 3.05) is 51.4 Å². The first kappa shape index (κ1) is 22.4. The molecule has 1 atom stereocenters. The van der Waals surface area contributed by atoms with E-state index in [9.17, 15) is 8.42 Å². The molecule has 7 nitrogen and oxygen atoms in total. The number of guanidine groups is 1. The fourth-order valence-corrected chi connectivity index (χ4v) is 4.37. The van der Waals surface area contributed by atoms with Crippen molar-refractivity contribution in [1.29, 1.82) is 0 Å². The number of sulfone groups is 1. The first-order valence-corrected chi connectivity index (χ1v) is 12.6. The van der Waals surface area contributed by atoms with Crippen LogP contribution in [0.15, 0.2) is 4.99 Å². The van der Waals surface area contributed by atoms with Gasteiger partial charge in [-0.25, -0.2) is 8.42 Å². The van der Waals surface area contributed by atoms with E-state index in [0.29, 0.717) is 19.2 Å². The smallest absolute Gasteiger partial charge is 0.191 e. The highest BCUT2D eigenvalue weighted by molar-refractivity contribution is 7.90. The zero-order chi connectivity index (χ0) is 19.5. The molecule has 0 spiro atoms. The van der Waals surface area contributed by atoms with Gasteiger partial charge in [0.2, 0.25) is 0 Å². The van der Waals surface area contributed by atoms with Gasteiger partial charge in [0.1, 0.15) is 9.84 Å². The minimum Gasteiger partial charge on any atom is -0.378 e. The Labute approximate surface area is 165 Å². The number of hydrogen-bond acceptors (Lipinski definition) is 5. The SMILES string of the molecule is CCNC(=NCCOCCS(C)(=O)=O)NC1CCCN(C2CCCCC2)C1. The van der Waals surface area contributed by atoms with Gasteiger partial charge in [0, 0.05) is 31.4 Å². The molecule has 0 aromatic rings. The van der Waals surface area contributed by atoms with Crippen molar-refractivity contribution in [2.24, 2.45) is 4.99 Å². The number of hydrogen-bond donors (Lipinski definition) is 2. The summed E-state index contributed by atoms with van der Waals surface area (Å²) < 4.78 is 27.6. The van der Waals surface area contributed by atoms with Crippen LogP contribution in [0, 0.1) is 0 Å². The van der Waals surface area contributed by atoms with E-state index in [-0.39, 0.29) is 12.4 Å². The number of piperidine rings is 1. The number of nitrogens with one attached hydrogen (secondary N) is 2. The summed E-state index contributed by atoms with van der Waals surface area (Å²) in [6.45, 7) is 6.40. The molecule has 1 saturated heterocycles. The zero-order valence-electron chi connectivity index (χ0n) is 17.1. The molecule has 1 aliphatic carbocycles. The van der Waals surface area contributed by atoms with E-state index < -0.39 is 9.84 Å². The third-order valence-corrected chi connectivity index (χ3v) is 6.24. The van der Waals surface area contributed by atoms with Crippen LogP contribution in [-0.4, -0.2) is 82.8 Å². The first-order valence-electron chi connectivity index (χ1n) is 10.5. The standard InChI is InChI=1S/C19H38N4O3S/c1-3-20-19(21-11-13-26-14-15-27(2,24)25)22-17-8-7-12-23(16-17)18-9-5-4-6-10-18/h17-18H,3-16H2,1-2H3,(H2,20,21,22). The fraction of sp³-hybridized carbons (Fsp3) is 0.947. The Morgan fingerprint density at radius 3 is 2.63 bits per heavy atom. The molecule has 0 radical (unpaired) electrons. The summed E-state index contributed by atoms with van der Waals surface area (Å²) in [6, 6.07) is 1.20. The number of likely N-dealkylation sites (tertiary alicyclic amines) is 1. The Morgan fingerprint density at radius 1 is 1.15 bits per heavy atom. The molecule has 1 aliphatic heterocycles. The van der Waals surface area contributed by atoms with Gasteiger partial charge >= 0.3 is 0 Å². The lowest BCUT2D eigenvalue weighted by Gasteiger charge is -2.40. The molecule has 2 fully saturated rings. The van der Waals surface area contributed by atoms with Crippen molar-refractivity contribution in [3.63, 3.8) is 0 Å². The Balaban J connectivity index is 1.74. The molecular formula is C19H38N4O3S. The highest BCUT2D eigenvalue weighted by atomic mass is 32.2. The van der Waals surface area contributed by atoms with Gasteiger partial charge in [-0.1, -0.05) is 19.3 Å². The Kier molecular flexibility index (Phi) is 9.86. The molecule has 2 aliphatic rings. The lowest BCUT2D eigenvalue weighted by Crippen LogP contribution is -2.53. The number of rotatable bonds is 9. The maximum absolute atomic E-state index is 11.1. The van der Waals surface area contributed by atoms with Crippen molar-refractivity contribution < 1.29 is 13.2 Å². The molecular weight excluding hydrogens is 364 g/mol. The molecule has 158 valence electrons. The number of nitrogens with zero attached hydrogens (tertiary/aromatic N) is 2. The quantitative estimate of drug-likeness (QED) is 0.345. The molecule has 1 unspecified atom stereocenters. The molecule has 0 aromatic carbocycles. The third-order valence-electron chi connectivity index (χ3n) is 5.33. The Morgan fingerprint density at radius 2 is 1.93 bits per heavy atom. The topological polar surface area (TPSA) is 83.0 Å². The molecule has 2 N–H and O–H groups in total. The fourth-order valence-electron chi connectivity index (χ4n) is 3.95. The molecule has 0 amide bonds. The summed E-state index contributed by atoms with van der Waals surface area (Å²) in [6.07, 6.45) is 10.5. The molecule has 27 heavy (non-hydrogen) atoms. The van der Waals surface area contributed by atoms with Crippen LogP contribution in [0.5, 0.6) is 0 Å². The molecule has 0 aromatic heterocycles. The van der Waals surface area contributed by atoms with Gasteiger partial charge in [-0.05, 0) is 39.2 Å². The molecule has 2 rings (SSSR count). The van der Waals surface area contributed by atoms with Crippen LogP contribution in [-0.2, 0) is 14.6 Å². The summed E-state index contributed by atoms with van der Waals surface area (Å²) >= 11 is 0. The summed E-state index contributed by atoms with van der Waals surface area (Å²) in [5.74, 6) is 0.897. The van der Waals surface area contributed by atoms with Crippen LogP contribution in [0.4, 0.5) is 0 Å². The second-order valence-electron chi connectivity index (χ2n) is 7.77. The van der Waals surface area contributed by atoms with E-state index >= 15 is 0 Å². The average molecular weight is 403 g/mol. The second kappa shape index (κ2) is 11.9. The predicted octanol–water partition coefficient (Wildman–Crippen LogP) is 1.40. The minimum atomic E-state index is -2.96. The summed E-state index contributed by atoms with van der Waals surface area (Å²) in [4.78, 5) is 7.26. The average Bonchev–Trinajstić information content (AvgIpc) is 2.65. The highest BCUT2D eigenvalue weighted by Crippen LogP contribution is 2.25. The maximum atomic E-state index is 11.1. The van der Waals surface area contributed by atoms with Crippen LogP contribution in [0.2, 0.25) is 0 Å². The Bertz CT molecular complexity index is 547. The van der Waals surface area contributed by atoms with Crippen LogP contribution < -0.4 is 10.6 Å². The van der Waals surface area contributed by atoms with Gasteiger partial charge in [-0.2, -0.15) is 0 Å². The van der Waals surface area contributed by atoms with Crippen molar-refractivity contribution >= 4 is 15.8 Å². The van der Waals surface area contributed by atoms with E-state index in [1.807, 2.05) is 0 Å². The van der Waals surface area contributed by atoms with Crippen LogP contribution >= 0.6 is 0 Å². The lowest BCUT2D eigenvalue weighted by molar-refractivity contribution is 0.115. The van der Waals surface area contributed by atoms with Crippen LogP contribution in [0.25, 0.3) is 0 Å². The highest BCUT2D eigenvalue weighted by Gasteiger charge is 2.27. The van der Waals surface area contributed by atoms with E-state index in [2.05, 4.69) is 27.4 Å². The van der Waals surface area contributed by atoms with Gasteiger partial charge in [0.15, 0.2) is 5.96 Å². The molecule has 8 heteroatoms. The van der Waals surface area contributed by atoms with Gasteiger partial charge in [0.25, 0.3) is 0 Å². The van der Waals surface area contributed by atoms with Gasteiger partial charge in [-0.15, -0.1) is 0 Å². The van der Waals surface area contributed by atoms with Gasteiger partial charge in [0.05, 0.1) is 25.5 Å². The van der Waals surface area contributed by atoms with Gasteiger partial charge in [-0.3, -0.25) is 9.89 Å². The summed E-state index contributed by atoms with van der Waals surface area (Å²) in [5, 5.41) is 6.90. The number of aliphatic imine (C=N–C) groups is 1. The predicted molar refractivity (Wildman–Crippen MR) is 111 cm³/mol. The lowest BCUT2D eigenvalue weighted by atomic mass is 9.92. The minimum absolute atomic E-state index is 0.0636. The van der Waals surface area contributed by atoms with Crippen molar-refractivity contribution in [3.8, 4) is 0 Å². The van der Waals surface area contributed by atoms with Gasteiger partial charge < -0.3 is 15.4 Å². The normalized spacial score (nSPS) is 23.3. The molecule has 0 bridgehead atoms. The van der Waals surface area contributed by atoms with Crippen molar-refractivity contribution in [2.45, 2.75) is 64.0 Å². The van der Waals surface area contributed by atoms with Crippen LogP contribution in [0.1, 0.15) is 51.9 Å². The maximum Gasteiger partial charge on any atom is 0.191 e. The van der Waals surface area contributed by atoms with Crippen molar-refractivity contribution in [1.82, 2.24) is 15.5 Å². The summed E-state index contributed by atoms with van der Waals surface area (Å²) in [5.41, 5.74) is 0. The van der Waals surface area contributed by atoms with E-state index in [0.717, 1.165) is 25.1 Å². The van der Waals surface area contributed by atoms with Crippen molar-refractivity contribution in [3.05, 3.63) is 0 Å². The van der Waals surface area contributed by atoms with E-state index in [1.54, 1.807) is 0 Å². The van der Waals surface area contributed by atoms with E-state index in [4.69, 9.17) is 4.74 Å². The monoisotopic (exact) mass is 402 g/mol. The molecule has 1 heterocycles. The third kappa shape index (κ3) is 9.25. The first-order chi connectivity index (χ1) is 13.0. The largest absolute Gasteiger partial charge is 0.378 e. The summed E-state index contributed by atoms with van der Waals surface area (Å²) in [7, 11) is -2.96. The number of ether oxygens (including phenoxy) is 1. The Hall–Kier alpha value is -0.860. The zero-order valence-corrected chi connectivity index (χ0v) is 17.9.